The normalized spacial score (nSPS) is 24.3. The topological polar surface area (TPSA) is 66.7 Å². The molecular weight excluding hydrogens is 354 g/mol. The molecule has 0 N–H and O–H groups in total. The number of nitrogens with zero attached hydrogens (tertiary/aromatic N) is 3. The second-order valence-electron chi connectivity index (χ2n) is 9.13. The average molecular weight is 388 g/mol. The first-order chi connectivity index (χ1) is 13.5. The highest BCUT2D eigenvalue weighted by Gasteiger charge is 2.48. The van der Waals surface area contributed by atoms with Gasteiger partial charge in [-0.2, -0.15) is 0 Å². The molecule has 1 aromatic rings. The molecule has 2 saturated heterocycles. The summed E-state index contributed by atoms with van der Waals surface area (Å²) in [6.45, 7) is 7.07. The summed E-state index contributed by atoms with van der Waals surface area (Å²) >= 11 is 0. The molecule has 3 aliphatic rings. The summed E-state index contributed by atoms with van der Waals surface area (Å²) in [5.41, 5.74) is 1.49. The van der Waals surface area contributed by atoms with Gasteiger partial charge in [-0.1, -0.05) is 24.4 Å². The molecule has 3 fully saturated rings. The van der Waals surface area contributed by atoms with Crippen LogP contribution < -0.4 is 0 Å². The Morgan fingerprint density at radius 3 is 2.43 bits per heavy atom. The van der Waals surface area contributed by atoms with Gasteiger partial charge in [0.1, 0.15) is 11.3 Å². The molecule has 2 aliphatic heterocycles. The van der Waals surface area contributed by atoms with Crippen LogP contribution in [0, 0.1) is 25.2 Å². The smallest absolute Gasteiger partial charge is 0.259 e. The molecule has 6 nitrogen and oxygen atoms in total. The number of amides is 2. The molecule has 0 radical (unpaired) electrons. The van der Waals surface area contributed by atoms with E-state index in [1.165, 1.54) is 32.1 Å². The minimum atomic E-state index is 0.0505. The van der Waals surface area contributed by atoms with Crippen molar-refractivity contribution in [3.63, 3.8) is 0 Å². The number of aromatic nitrogens is 1. The number of hydrogen-bond donors (Lipinski definition) is 0. The van der Waals surface area contributed by atoms with Crippen LogP contribution in [-0.2, 0) is 4.79 Å². The van der Waals surface area contributed by atoms with Crippen molar-refractivity contribution in [3.05, 3.63) is 17.0 Å². The van der Waals surface area contributed by atoms with Crippen molar-refractivity contribution in [1.82, 2.24) is 15.0 Å². The van der Waals surface area contributed by atoms with Crippen molar-refractivity contribution in [2.24, 2.45) is 11.3 Å². The molecule has 3 heterocycles. The Morgan fingerprint density at radius 1 is 1.07 bits per heavy atom. The van der Waals surface area contributed by atoms with Gasteiger partial charge < -0.3 is 14.3 Å². The van der Waals surface area contributed by atoms with Crippen LogP contribution in [0.4, 0.5) is 0 Å². The Balaban J connectivity index is 1.48. The lowest BCUT2D eigenvalue weighted by atomic mass is 9.66. The standard InChI is InChI=1S/C22H33N3O3/c1-16-20(17(2)28-23-16)21(27)25-14-18(22(15-25)10-4-3-5-11-22)8-9-19(26)24-12-6-7-13-24/h18H,3-15H2,1-2H3. The largest absolute Gasteiger partial charge is 0.361 e. The summed E-state index contributed by atoms with van der Waals surface area (Å²) in [6.07, 6.45) is 9.94. The molecule has 1 aliphatic carbocycles. The van der Waals surface area contributed by atoms with Crippen molar-refractivity contribution in [1.29, 1.82) is 0 Å². The van der Waals surface area contributed by atoms with Gasteiger partial charge in [-0.15, -0.1) is 0 Å². The molecule has 1 saturated carbocycles. The summed E-state index contributed by atoms with van der Waals surface area (Å²) in [7, 11) is 0. The molecule has 1 spiro atoms. The van der Waals surface area contributed by atoms with Gasteiger partial charge in [0.25, 0.3) is 5.91 Å². The molecule has 6 heteroatoms. The first kappa shape index (κ1) is 19.5. The number of carbonyl (C=O) groups is 2. The van der Waals surface area contributed by atoms with Crippen LogP contribution >= 0.6 is 0 Å². The maximum absolute atomic E-state index is 13.2. The molecule has 1 aromatic heterocycles. The van der Waals surface area contributed by atoms with Gasteiger partial charge in [0.2, 0.25) is 5.91 Å². The average Bonchev–Trinajstić information content (AvgIpc) is 3.41. The van der Waals surface area contributed by atoms with Crippen LogP contribution in [0.5, 0.6) is 0 Å². The first-order valence-corrected chi connectivity index (χ1v) is 11.0. The predicted octanol–water partition coefficient (Wildman–Crippen LogP) is 3.72. The first-order valence-electron chi connectivity index (χ1n) is 11.0. The molecule has 0 bridgehead atoms. The number of hydrogen-bond acceptors (Lipinski definition) is 4. The van der Waals surface area contributed by atoms with E-state index in [9.17, 15) is 9.59 Å². The summed E-state index contributed by atoms with van der Waals surface area (Å²) in [5.74, 6) is 1.38. The van der Waals surface area contributed by atoms with E-state index in [1.54, 1.807) is 0 Å². The molecular formula is C22H33N3O3. The summed E-state index contributed by atoms with van der Waals surface area (Å²) in [5, 5.41) is 3.96. The minimum Gasteiger partial charge on any atom is -0.361 e. The molecule has 28 heavy (non-hydrogen) atoms. The van der Waals surface area contributed by atoms with Crippen molar-refractivity contribution >= 4 is 11.8 Å². The fourth-order valence-electron chi connectivity index (χ4n) is 5.78. The lowest BCUT2D eigenvalue weighted by Gasteiger charge is -2.38. The van der Waals surface area contributed by atoms with Gasteiger partial charge in [0, 0.05) is 32.6 Å². The lowest BCUT2D eigenvalue weighted by molar-refractivity contribution is -0.130. The third-order valence-electron chi connectivity index (χ3n) is 7.36. The Labute approximate surface area is 167 Å². The molecule has 0 aromatic carbocycles. The quantitative estimate of drug-likeness (QED) is 0.790. The summed E-state index contributed by atoms with van der Waals surface area (Å²) in [4.78, 5) is 29.8. The number of likely N-dealkylation sites (tertiary alicyclic amines) is 2. The number of rotatable bonds is 4. The van der Waals surface area contributed by atoms with Gasteiger partial charge >= 0.3 is 0 Å². The van der Waals surface area contributed by atoms with Crippen LogP contribution in [0.25, 0.3) is 0 Å². The Hall–Kier alpha value is -1.85. The minimum absolute atomic E-state index is 0.0505. The van der Waals surface area contributed by atoms with E-state index < -0.39 is 0 Å². The van der Waals surface area contributed by atoms with E-state index in [0.29, 0.717) is 35.3 Å². The van der Waals surface area contributed by atoms with Crippen molar-refractivity contribution in [3.8, 4) is 0 Å². The molecule has 1 unspecified atom stereocenters. The van der Waals surface area contributed by atoms with E-state index >= 15 is 0 Å². The van der Waals surface area contributed by atoms with Gasteiger partial charge in [-0.05, 0) is 57.3 Å². The Bertz CT molecular complexity index is 710. The molecule has 2 amide bonds. The van der Waals surface area contributed by atoms with Crippen LogP contribution in [0.2, 0.25) is 0 Å². The zero-order chi connectivity index (χ0) is 19.7. The fraction of sp³-hybridized carbons (Fsp3) is 0.773. The van der Waals surface area contributed by atoms with Crippen molar-refractivity contribution < 1.29 is 14.1 Å². The van der Waals surface area contributed by atoms with Crippen molar-refractivity contribution in [2.45, 2.75) is 71.6 Å². The summed E-state index contributed by atoms with van der Waals surface area (Å²) < 4.78 is 5.23. The maximum atomic E-state index is 13.2. The van der Waals surface area contributed by atoms with Crippen LogP contribution in [0.3, 0.4) is 0 Å². The third kappa shape index (κ3) is 3.58. The summed E-state index contributed by atoms with van der Waals surface area (Å²) in [6, 6.07) is 0. The van der Waals surface area contributed by atoms with E-state index in [1.807, 2.05) is 23.6 Å². The van der Waals surface area contributed by atoms with Crippen LogP contribution in [0.1, 0.15) is 79.6 Å². The molecule has 4 rings (SSSR count). The highest BCUT2D eigenvalue weighted by Crippen LogP contribution is 2.49. The van der Waals surface area contributed by atoms with E-state index in [4.69, 9.17) is 4.52 Å². The van der Waals surface area contributed by atoms with Crippen molar-refractivity contribution in [2.75, 3.05) is 26.2 Å². The molecule has 1 atom stereocenters. The maximum Gasteiger partial charge on any atom is 0.259 e. The highest BCUT2D eigenvalue weighted by atomic mass is 16.5. The third-order valence-corrected chi connectivity index (χ3v) is 7.36. The zero-order valence-corrected chi connectivity index (χ0v) is 17.3. The van der Waals surface area contributed by atoms with Gasteiger partial charge in [0.15, 0.2) is 0 Å². The number of aryl methyl sites for hydroxylation is 2. The zero-order valence-electron chi connectivity index (χ0n) is 17.3. The highest BCUT2D eigenvalue weighted by molar-refractivity contribution is 5.96. The predicted molar refractivity (Wildman–Crippen MR) is 106 cm³/mol. The van der Waals surface area contributed by atoms with Gasteiger partial charge in [-0.3, -0.25) is 9.59 Å². The van der Waals surface area contributed by atoms with Crippen LogP contribution in [-0.4, -0.2) is 52.9 Å². The van der Waals surface area contributed by atoms with E-state index in [0.717, 1.165) is 45.4 Å². The van der Waals surface area contributed by atoms with E-state index in [-0.39, 0.29) is 11.3 Å². The SMILES string of the molecule is Cc1noc(C)c1C(=O)N1CC(CCC(=O)N2CCCC2)C2(CCCCC2)C1. The second kappa shape index (κ2) is 7.88. The lowest BCUT2D eigenvalue weighted by Crippen LogP contribution is -2.35. The monoisotopic (exact) mass is 387 g/mol. The second-order valence-corrected chi connectivity index (χ2v) is 9.13. The number of carbonyl (C=O) groups excluding carboxylic acids is 2. The fourth-order valence-corrected chi connectivity index (χ4v) is 5.78. The Kier molecular flexibility index (Phi) is 5.48. The van der Waals surface area contributed by atoms with Gasteiger partial charge in [0.05, 0.1) is 5.69 Å². The molecule has 154 valence electrons. The van der Waals surface area contributed by atoms with Crippen LogP contribution in [0.15, 0.2) is 4.52 Å². The Morgan fingerprint density at radius 2 is 1.79 bits per heavy atom. The van der Waals surface area contributed by atoms with E-state index in [2.05, 4.69) is 5.16 Å². The van der Waals surface area contributed by atoms with Gasteiger partial charge in [-0.25, -0.2) is 0 Å².